The van der Waals surface area contributed by atoms with Crippen LogP contribution in [-0.2, 0) is 4.79 Å². The molecule has 0 spiro atoms. The molecular formula is C18H14BrN3O5S. The summed E-state index contributed by atoms with van der Waals surface area (Å²) in [6, 6.07) is 9.51. The summed E-state index contributed by atoms with van der Waals surface area (Å²) in [6.07, 6.45) is 1.69. The number of non-ortho nitro benzene ring substituents is 1. The molecular weight excluding hydrogens is 450 g/mol. The van der Waals surface area contributed by atoms with Crippen LogP contribution in [0.3, 0.4) is 0 Å². The second-order valence-electron chi connectivity index (χ2n) is 5.48. The van der Waals surface area contributed by atoms with Crippen LogP contribution in [0.5, 0.6) is 11.5 Å². The molecule has 1 aliphatic rings. The van der Waals surface area contributed by atoms with E-state index in [0.717, 1.165) is 11.8 Å². The van der Waals surface area contributed by atoms with E-state index in [1.54, 1.807) is 38.5 Å². The van der Waals surface area contributed by atoms with Gasteiger partial charge in [0.2, 0.25) is 0 Å². The molecule has 0 aliphatic carbocycles. The number of hydrogen-bond acceptors (Lipinski definition) is 7. The number of thioether (sulfide) groups is 1. The van der Waals surface area contributed by atoms with E-state index in [9.17, 15) is 14.9 Å². The van der Waals surface area contributed by atoms with Crippen molar-refractivity contribution in [2.45, 2.75) is 0 Å². The van der Waals surface area contributed by atoms with E-state index in [2.05, 4.69) is 26.2 Å². The molecule has 2 aromatic rings. The number of methoxy groups -OCH3 is 2. The molecule has 0 aromatic heterocycles. The van der Waals surface area contributed by atoms with Gasteiger partial charge in [0.15, 0.2) is 5.17 Å². The van der Waals surface area contributed by atoms with E-state index in [1.807, 2.05) is 0 Å². The highest BCUT2D eigenvalue weighted by Crippen LogP contribution is 2.34. The Morgan fingerprint density at radius 3 is 2.64 bits per heavy atom. The molecule has 2 aromatic carbocycles. The Balaban J connectivity index is 1.89. The van der Waals surface area contributed by atoms with Crippen LogP contribution in [0, 0.1) is 10.1 Å². The zero-order valence-electron chi connectivity index (χ0n) is 14.8. The number of halogens is 1. The highest BCUT2D eigenvalue weighted by atomic mass is 79.9. The Kier molecular flexibility index (Phi) is 6.00. The highest BCUT2D eigenvalue weighted by Gasteiger charge is 2.25. The van der Waals surface area contributed by atoms with Gasteiger partial charge in [-0.3, -0.25) is 14.9 Å². The summed E-state index contributed by atoms with van der Waals surface area (Å²) in [5, 5.41) is 13.9. The third-order valence-corrected chi connectivity index (χ3v) is 5.28. The summed E-state index contributed by atoms with van der Waals surface area (Å²) in [6.45, 7) is 0. The van der Waals surface area contributed by atoms with Gasteiger partial charge in [0.25, 0.3) is 11.6 Å². The Morgan fingerprint density at radius 2 is 2.00 bits per heavy atom. The average Bonchev–Trinajstić information content (AvgIpc) is 3.02. The molecule has 1 saturated heterocycles. The van der Waals surface area contributed by atoms with Crippen molar-refractivity contribution in [3.05, 3.63) is 61.5 Å². The number of amides is 1. The first-order valence-corrected chi connectivity index (χ1v) is 9.47. The van der Waals surface area contributed by atoms with Crippen LogP contribution in [-0.4, -0.2) is 30.2 Å². The lowest BCUT2D eigenvalue weighted by atomic mass is 10.1. The summed E-state index contributed by atoms with van der Waals surface area (Å²) in [7, 11) is 3.10. The van der Waals surface area contributed by atoms with Crippen molar-refractivity contribution in [2.24, 2.45) is 4.99 Å². The largest absolute Gasteiger partial charge is 0.497 e. The van der Waals surface area contributed by atoms with E-state index < -0.39 is 4.92 Å². The predicted octanol–water partition coefficient (Wildman–Crippen LogP) is 4.27. The van der Waals surface area contributed by atoms with Gasteiger partial charge in [-0.1, -0.05) is 0 Å². The summed E-state index contributed by atoms with van der Waals surface area (Å²) in [5.41, 5.74) is 1.11. The number of ether oxygens (including phenoxy) is 2. The normalized spacial score (nSPS) is 16.3. The fourth-order valence-electron chi connectivity index (χ4n) is 2.38. The lowest BCUT2D eigenvalue weighted by Crippen LogP contribution is -2.19. The Morgan fingerprint density at radius 1 is 1.21 bits per heavy atom. The molecule has 0 bridgehead atoms. The standard InChI is InChI=1S/C18H14BrN3O5S/c1-26-12-4-6-15(27-2)10(7-12)8-16-17(23)21-18(28-16)20-14-5-3-11(22(24)25)9-13(14)19/h3-9H,1-2H3,(H,20,21,23)/b16-8+. The average molecular weight is 464 g/mol. The molecule has 1 aliphatic heterocycles. The topological polar surface area (TPSA) is 103 Å². The monoisotopic (exact) mass is 463 g/mol. The van der Waals surface area contributed by atoms with Gasteiger partial charge >= 0.3 is 0 Å². The van der Waals surface area contributed by atoms with Crippen LogP contribution in [0.1, 0.15) is 5.56 Å². The van der Waals surface area contributed by atoms with Crippen LogP contribution in [0.4, 0.5) is 11.4 Å². The van der Waals surface area contributed by atoms with Crippen LogP contribution in [0.25, 0.3) is 6.08 Å². The van der Waals surface area contributed by atoms with Crippen LogP contribution < -0.4 is 14.8 Å². The van der Waals surface area contributed by atoms with Gasteiger partial charge < -0.3 is 14.8 Å². The molecule has 0 saturated carbocycles. The number of nitro benzene ring substituents is 1. The number of carbonyl (C=O) groups is 1. The Labute approximate surface area is 172 Å². The van der Waals surface area contributed by atoms with Crippen molar-refractivity contribution >= 4 is 56.2 Å². The van der Waals surface area contributed by atoms with Gasteiger partial charge in [0.05, 0.1) is 34.2 Å². The molecule has 1 heterocycles. The summed E-state index contributed by atoms with van der Waals surface area (Å²) >= 11 is 4.42. The molecule has 0 unspecified atom stereocenters. The molecule has 8 nitrogen and oxygen atoms in total. The van der Waals surface area contributed by atoms with Gasteiger partial charge in [-0.2, -0.15) is 0 Å². The molecule has 3 rings (SSSR count). The minimum atomic E-state index is -0.490. The van der Waals surface area contributed by atoms with E-state index in [0.29, 0.717) is 37.3 Å². The minimum Gasteiger partial charge on any atom is -0.497 e. The van der Waals surface area contributed by atoms with Gasteiger partial charge in [-0.15, -0.1) is 0 Å². The summed E-state index contributed by atoms with van der Waals surface area (Å²) in [4.78, 5) is 27.4. The number of aliphatic imine (C=N–C) groups is 1. The third-order valence-electron chi connectivity index (χ3n) is 3.74. The minimum absolute atomic E-state index is 0.0513. The second-order valence-corrected chi connectivity index (χ2v) is 7.37. The van der Waals surface area contributed by atoms with Crippen molar-refractivity contribution in [3.63, 3.8) is 0 Å². The van der Waals surface area contributed by atoms with Crippen molar-refractivity contribution in [3.8, 4) is 11.5 Å². The number of nitro groups is 1. The van der Waals surface area contributed by atoms with Crippen molar-refractivity contribution in [2.75, 3.05) is 14.2 Å². The molecule has 1 fully saturated rings. The first kappa shape index (κ1) is 19.9. The van der Waals surface area contributed by atoms with Crippen LogP contribution >= 0.6 is 27.7 Å². The fraction of sp³-hybridized carbons (Fsp3) is 0.111. The number of rotatable bonds is 5. The zero-order chi connectivity index (χ0) is 20.3. The quantitative estimate of drug-likeness (QED) is 0.403. The molecule has 0 atom stereocenters. The summed E-state index contributed by atoms with van der Waals surface area (Å²) < 4.78 is 11.0. The maximum atomic E-state index is 12.3. The zero-order valence-corrected chi connectivity index (χ0v) is 17.2. The summed E-state index contributed by atoms with van der Waals surface area (Å²) in [5.74, 6) is 0.941. The smallest absolute Gasteiger partial charge is 0.270 e. The lowest BCUT2D eigenvalue weighted by Gasteiger charge is -2.07. The van der Waals surface area contributed by atoms with Gasteiger partial charge in [-0.05, 0) is 58.0 Å². The molecule has 144 valence electrons. The molecule has 0 radical (unpaired) electrons. The molecule has 10 heteroatoms. The predicted molar refractivity (Wildman–Crippen MR) is 111 cm³/mol. The lowest BCUT2D eigenvalue weighted by molar-refractivity contribution is -0.384. The maximum absolute atomic E-state index is 12.3. The molecule has 28 heavy (non-hydrogen) atoms. The maximum Gasteiger partial charge on any atom is 0.270 e. The van der Waals surface area contributed by atoms with Crippen molar-refractivity contribution in [1.29, 1.82) is 0 Å². The number of nitrogens with zero attached hydrogens (tertiary/aromatic N) is 2. The third kappa shape index (κ3) is 4.34. The molecule has 1 N–H and O–H groups in total. The fourth-order valence-corrected chi connectivity index (χ4v) is 3.66. The second kappa shape index (κ2) is 8.44. The van der Waals surface area contributed by atoms with Gasteiger partial charge in [-0.25, -0.2) is 4.99 Å². The van der Waals surface area contributed by atoms with Crippen LogP contribution in [0.2, 0.25) is 0 Å². The number of nitrogens with one attached hydrogen (secondary N) is 1. The van der Waals surface area contributed by atoms with Crippen molar-refractivity contribution < 1.29 is 19.2 Å². The first-order valence-electron chi connectivity index (χ1n) is 7.87. The Hall–Kier alpha value is -2.85. The number of carbonyl (C=O) groups excluding carboxylic acids is 1. The van der Waals surface area contributed by atoms with Crippen molar-refractivity contribution in [1.82, 2.24) is 5.32 Å². The first-order chi connectivity index (χ1) is 13.4. The number of amidine groups is 1. The van der Waals surface area contributed by atoms with Crippen LogP contribution in [0.15, 0.2) is 50.8 Å². The number of benzene rings is 2. The van der Waals surface area contributed by atoms with E-state index in [1.165, 1.54) is 18.2 Å². The molecule has 1 amide bonds. The van der Waals surface area contributed by atoms with E-state index in [-0.39, 0.29) is 11.6 Å². The number of hydrogen-bond donors (Lipinski definition) is 1. The highest BCUT2D eigenvalue weighted by molar-refractivity contribution is 9.10. The Bertz CT molecular complexity index is 1020. The van der Waals surface area contributed by atoms with Gasteiger partial charge in [0, 0.05) is 17.7 Å². The van der Waals surface area contributed by atoms with Gasteiger partial charge in [0.1, 0.15) is 11.5 Å². The SMILES string of the molecule is COc1ccc(OC)c(/C=C2/SC(=Nc3ccc([N+](=O)[O-])cc3Br)NC2=O)c1. The van der Waals surface area contributed by atoms with E-state index in [4.69, 9.17) is 9.47 Å². The van der Waals surface area contributed by atoms with E-state index >= 15 is 0 Å².